The smallest absolute Gasteiger partial charge is 0.165 e. The van der Waals surface area contributed by atoms with E-state index in [0.29, 0.717) is 11.2 Å². The molecular formula is C11H14N4O4. The van der Waals surface area contributed by atoms with Crippen LogP contribution in [0.2, 0.25) is 0 Å². The number of fused-ring (bicyclic) bond motifs is 1. The summed E-state index contributed by atoms with van der Waals surface area (Å²) in [7, 11) is 0. The third-order valence-corrected chi connectivity index (χ3v) is 3.29. The molecule has 8 heteroatoms. The highest BCUT2D eigenvalue weighted by Crippen LogP contribution is 2.27. The van der Waals surface area contributed by atoms with Crippen LogP contribution in [0.4, 0.5) is 0 Å². The molecule has 19 heavy (non-hydrogen) atoms. The molecule has 0 aromatic carbocycles. The van der Waals surface area contributed by atoms with Crippen LogP contribution in [-0.4, -0.2) is 59.8 Å². The molecule has 0 radical (unpaired) electrons. The molecule has 2 aromatic heterocycles. The molecule has 0 amide bonds. The summed E-state index contributed by atoms with van der Waals surface area (Å²) in [4.78, 5) is 12.3. The van der Waals surface area contributed by atoms with Gasteiger partial charge in [0.15, 0.2) is 11.9 Å². The number of aliphatic hydroxyl groups is 3. The van der Waals surface area contributed by atoms with Gasteiger partial charge in [0, 0.05) is 0 Å². The topological polar surface area (TPSA) is 114 Å². The van der Waals surface area contributed by atoms with Crippen LogP contribution in [0.1, 0.15) is 11.9 Å². The Morgan fingerprint density at radius 1 is 1.21 bits per heavy atom. The lowest BCUT2D eigenvalue weighted by Crippen LogP contribution is -2.50. The summed E-state index contributed by atoms with van der Waals surface area (Å²) in [5, 5.41) is 29.1. The largest absolute Gasteiger partial charge is 0.388 e. The van der Waals surface area contributed by atoms with Crippen LogP contribution in [-0.2, 0) is 4.74 Å². The number of ether oxygens (including phenoxy) is 1. The van der Waals surface area contributed by atoms with Crippen molar-refractivity contribution in [2.45, 2.75) is 31.5 Å². The third-order valence-electron chi connectivity index (χ3n) is 3.29. The van der Waals surface area contributed by atoms with Crippen molar-refractivity contribution < 1.29 is 20.1 Å². The average Bonchev–Trinajstić information content (AvgIpc) is 2.82. The zero-order chi connectivity index (χ0) is 13.6. The first-order valence-corrected chi connectivity index (χ1v) is 5.89. The van der Waals surface area contributed by atoms with Crippen molar-refractivity contribution in [3.8, 4) is 0 Å². The first-order valence-electron chi connectivity index (χ1n) is 5.89. The van der Waals surface area contributed by atoms with E-state index in [9.17, 15) is 15.3 Å². The first-order chi connectivity index (χ1) is 9.09. The molecule has 8 nitrogen and oxygen atoms in total. The number of aryl methyl sites for hydroxylation is 1. The quantitative estimate of drug-likeness (QED) is 0.590. The number of hydrogen-bond donors (Lipinski definition) is 3. The van der Waals surface area contributed by atoms with Crippen molar-refractivity contribution in [3.05, 3.63) is 18.3 Å². The van der Waals surface area contributed by atoms with Crippen molar-refractivity contribution in [3.63, 3.8) is 0 Å². The maximum atomic E-state index is 9.98. The minimum Gasteiger partial charge on any atom is -0.388 e. The summed E-state index contributed by atoms with van der Waals surface area (Å²) in [6.07, 6.45) is -1.58. The van der Waals surface area contributed by atoms with Crippen LogP contribution in [0, 0.1) is 6.92 Å². The second kappa shape index (κ2) is 4.49. The van der Waals surface area contributed by atoms with Gasteiger partial charge in [-0.1, -0.05) is 0 Å². The first kappa shape index (κ1) is 12.4. The van der Waals surface area contributed by atoms with Crippen molar-refractivity contribution in [2.75, 3.05) is 6.61 Å². The Hall–Kier alpha value is -1.61. The van der Waals surface area contributed by atoms with E-state index >= 15 is 0 Å². The number of rotatable bonds is 1. The van der Waals surface area contributed by atoms with E-state index in [1.165, 1.54) is 17.2 Å². The molecule has 102 valence electrons. The monoisotopic (exact) mass is 266 g/mol. The number of imidazole rings is 1. The Morgan fingerprint density at radius 2 is 2.00 bits per heavy atom. The molecule has 1 fully saturated rings. The number of hydrogen-bond acceptors (Lipinski definition) is 7. The van der Waals surface area contributed by atoms with Crippen molar-refractivity contribution in [1.29, 1.82) is 0 Å². The molecule has 3 N–H and O–H groups in total. The summed E-state index contributed by atoms with van der Waals surface area (Å²) in [5.41, 5.74) is 1.84. The van der Waals surface area contributed by atoms with Crippen LogP contribution in [0.5, 0.6) is 0 Å². The molecule has 1 saturated heterocycles. The summed E-state index contributed by atoms with van der Waals surface area (Å²) < 4.78 is 6.90. The highest BCUT2D eigenvalue weighted by Gasteiger charge is 2.39. The Kier molecular flexibility index (Phi) is 2.94. The van der Waals surface area contributed by atoms with Crippen molar-refractivity contribution >= 4 is 11.2 Å². The van der Waals surface area contributed by atoms with Gasteiger partial charge in [-0.25, -0.2) is 15.0 Å². The van der Waals surface area contributed by atoms with Crippen LogP contribution in [0.3, 0.4) is 0 Å². The van der Waals surface area contributed by atoms with E-state index < -0.39 is 24.5 Å². The molecule has 0 spiro atoms. The van der Waals surface area contributed by atoms with Crippen molar-refractivity contribution in [2.24, 2.45) is 0 Å². The number of aliphatic hydroxyl groups excluding tert-OH is 3. The van der Waals surface area contributed by atoms with Crippen LogP contribution >= 0.6 is 0 Å². The fraction of sp³-hybridized carbons (Fsp3) is 0.545. The fourth-order valence-corrected chi connectivity index (χ4v) is 2.19. The lowest BCUT2D eigenvalue weighted by Gasteiger charge is -2.35. The summed E-state index contributed by atoms with van der Waals surface area (Å²) in [6.45, 7) is 1.74. The number of aromatic nitrogens is 4. The molecule has 0 bridgehead atoms. The molecular weight excluding hydrogens is 252 g/mol. The summed E-state index contributed by atoms with van der Waals surface area (Å²) in [5.74, 6) is 0. The van der Waals surface area contributed by atoms with Gasteiger partial charge in [0.2, 0.25) is 0 Å². The molecule has 1 aliphatic rings. The zero-order valence-electron chi connectivity index (χ0n) is 10.2. The van der Waals surface area contributed by atoms with Crippen LogP contribution in [0.15, 0.2) is 12.7 Å². The molecule has 0 saturated carbocycles. The van der Waals surface area contributed by atoms with Gasteiger partial charge in [-0.05, 0) is 6.92 Å². The Balaban J connectivity index is 2.03. The maximum Gasteiger partial charge on any atom is 0.165 e. The second-order valence-electron chi connectivity index (χ2n) is 4.56. The molecule has 0 aliphatic carbocycles. The van der Waals surface area contributed by atoms with Gasteiger partial charge >= 0.3 is 0 Å². The van der Waals surface area contributed by atoms with Gasteiger partial charge in [0.1, 0.15) is 30.2 Å². The Labute approximate surface area is 108 Å². The van der Waals surface area contributed by atoms with Gasteiger partial charge in [0.05, 0.1) is 18.6 Å². The summed E-state index contributed by atoms with van der Waals surface area (Å²) in [6, 6.07) is 0. The van der Waals surface area contributed by atoms with E-state index in [0.717, 1.165) is 5.69 Å². The highest BCUT2D eigenvalue weighted by atomic mass is 16.5. The molecule has 4 unspecified atom stereocenters. The van der Waals surface area contributed by atoms with Crippen molar-refractivity contribution in [1.82, 2.24) is 19.5 Å². The minimum absolute atomic E-state index is 0.0629. The Morgan fingerprint density at radius 3 is 2.79 bits per heavy atom. The van der Waals surface area contributed by atoms with E-state index in [1.54, 1.807) is 6.92 Å². The number of nitrogens with zero attached hydrogens (tertiary/aromatic N) is 4. The molecule has 2 aromatic rings. The normalized spacial score (nSPS) is 31.8. The standard InChI is InChI=1S/C11H14N4O4/c1-5-7-10(13-3-12-5)15(4-14-7)11-9(18)8(17)6(16)2-19-11/h3-4,6,8-9,11,16-18H,2H2,1H3. The predicted molar refractivity (Wildman–Crippen MR) is 63.1 cm³/mol. The van der Waals surface area contributed by atoms with Gasteiger partial charge < -0.3 is 20.1 Å². The lowest BCUT2D eigenvalue weighted by atomic mass is 10.0. The fourth-order valence-electron chi connectivity index (χ4n) is 2.19. The van der Waals surface area contributed by atoms with Crippen LogP contribution in [0.25, 0.3) is 11.2 Å². The SMILES string of the molecule is Cc1ncnc2c1ncn2C1OCC(O)C(O)C1O. The molecule has 3 rings (SSSR count). The average molecular weight is 266 g/mol. The second-order valence-corrected chi connectivity index (χ2v) is 4.56. The minimum atomic E-state index is -1.26. The van der Waals surface area contributed by atoms with Crippen LogP contribution < -0.4 is 0 Å². The van der Waals surface area contributed by atoms with E-state index in [1.807, 2.05) is 0 Å². The van der Waals surface area contributed by atoms with Gasteiger partial charge in [-0.2, -0.15) is 0 Å². The van der Waals surface area contributed by atoms with Gasteiger partial charge in [-0.3, -0.25) is 4.57 Å². The van der Waals surface area contributed by atoms with E-state index in [-0.39, 0.29) is 6.61 Å². The summed E-state index contributed by atoms with van der Waals surface area (Å²) >= 11 is 0. The Bertz CT molecular complexity index is 601. The maximum absolute atomic E-state index is 9.98. The predicted octanol–water partition coefficient (Wildman–Crippen LogP) is -1.25. The van der Waals surface area contributed by atoms with E-state index in [2.05, 4.69) is 15.0 Å². The van der Waals surface area contributed by atoms with Gasteiger partial charge in [0.25, 0.3) is 0 Å². The van der Waals surface area contributed by atoms with E-state index in [4.69, 9.17) is 4.74 Å². The lowest BCUT2D eigenvalue weighted by molar-refractivity contribution is -0.210. The zero-order valence-corrected chi connectivity index (χ0v) is 10.2. The molecule has 1 aliphatic heterocycles. The third kappa shape index (κ3) is 1.89. The molecule has 3 heterocycles. The highest BCUT2D eigenvalue weighted by molar-refractivity contribution is 5.72. The van der Waals surface area contributed by atoms with Gasteiger partial charge in [-0.15, -0.1) is 0 Å². The molecule has 4 atom stereocenters.